The standard InChI is InChI=1S/C13H10Br2F3N3/c1-6-10(15)12(19-2)21-11(20-6)8-4-3-7(14)5-9(8)13(16,17)18/h3-5H,1-2H3,(H,19,20,21). The lowest BCUT2D eigenvalue weighted by molar-refractivity contribution is -0.137. The average molecular weight is 425 g/mol. The van der Waals surface area contributed by atoms with Crippen LogP contribution in [0.1, 0.15) is 11.3 Å². The lowest BCUT2D eigenvalue weighted by Crippen LogP contribution is -2.09. The molecule has 0 aliphatic carbocycles. The summed E-state index contributed by atoms with van der Waals surface area (Å²) in [4.78, 5) is 8.28. The van der Waals surface area contributed by atoms with Crippen LogP contribution in [-0.4, -0.2) is 17.0 Å². The zero-order valence-electron chi connectivity index (χ0n) is 11.0. The second kappa shape index (κ2) is 5.92. The van der Waals surface area contributed by atoms with Crippen LogP contribution >= 0.6 is 31.9 Å². The van der Waals surface area contributed by atoms with Crippen molar-refractivity contribution in [2.24, 2.45) is 0 Å². The SMILES string of the molecule is CNc1nc(-c2ccc(Br)cc2C(F)(F)F)nc(C)c1Br. The summed E-state index contributed by atoms with van der Waals surface area (Å²) in [5, 5.41) is 2.83. The third-order valence-corrected chi connectivity index (χ3v) is 4.22. The van der Waals surface area contributed by atoms with Crippen LogP contribution in [0.2, 0.25) is 0 Å². The number of benzene rings is 1. The first-order chi connectivity index (χ1) is 9.74. The maximum atomic E-state index is 13.2. The number of hydrogen-bond acceptors (Lipinski definition) is 3. The largest absolute Gasteiger partial charge is 0.417 e. The number of anilines is 1. The van der Waals surface area contributed by atoms with Crippen molar-refractivity contribution in [2.75, 3.05) is 12.4 Å². The molecule has 1 N–H and O–H groups in total. The third kappa shape index (κ3) is 3.37. The highest BCUT2D eigenvalue weighted by molar-refractivity contribution is 9.11. The van der Waals surface area contributed by atoms with E-state index in [1.165, 1.54) is 12.1 Å². The van der Waals surface area contributed by atoms with E-state index in [0.717, 1.165) is 6.07 Å². The fourth-order valence-electron chi connectivity index (χ4n) is 1.79. The van der Waals surface area contributed by atoms with Gasteiger partial charge in [0.15, 0.2) is 5.82 Å². The van der Waals surface area contributed by atoms with E-state index in [2.05, 4.69) is 47.1 Å². The average Bonchev–Trinajstić information content (AvgIpc) is 2.40. The number of halogens is 5. The van der Waals surface area contributed by atoms with Crippen LogP contribution in [0.3, 0.4) is 0 Å². The Balaban J connectivity index is 2.70. The summed E-state index contributed by atoms with van der Waals surface area (Å²) in [5.41, 5.74) is -0.279. The zero-order chi connectivity index (χ0) is 15.8. The Morgan fingerprint density at radius 3 is 2.38 bits per heavy atom. The Kier molecular flexibility index (Phi) is 4.57. The van der Waals surface area contributed by atoms with Gasteiger partial charge in [-0.1, -0.05) is 15.9 Å². The molecule has 21 heavy (non-hydrogen) atoms. The number of nitrogens with zero attached hydrogens (tertiary/aromatic N) is 2. The molecule has 0 atom stereocenters. The van der Waals surface area contributed by atoms with Crippen LogP contribution in [0.4, 0.5) is 19.0 Å². The summed E-state index contributed by atoms with van der Waals surface area (Å²) in [6.45, 7) is 1.70. The molecule has 0 bridgehead atoms. The molecule has 8 heteroatoms. The first-order valence-electron chi connectivity index (χ1n) is 5.83. The van der Waals surface area contributed by atoms with Gasteiger partial charge in [0.1, 0.15) is 5.82 Å². The van der Waals surface area contributed by atoms with Gasteiger partial charge in [-0.15, -0.1) is 0 Å². The van der Waals surface area contributed by atoms with Gasteiger partial charge in [0.25, 0.3) is 0 Å². The summed E-state index contributed by atoms with van der Waals surface area (Å²) >= 11 is 6.35. The highest BCUT2D eigenvalue weighted by atomic mass is 79.9. The van der Waals surface area contributed by atoms with E-state index in [4.69, 9.17) is 0 Å². The number of hydrogen-bond donors (Lipinski definition) is 1. The maximum Gasteiger partial charge on any atom is 0.417 e. The van der Waals surface area contributed by atoms with Crippen molar-refractivity contribution in [3.05, 3.63) is 38.4 Å². The van der Waals surface area contributed by atoms with Crippen LogP contribution in [0.25, 0.3) is 11.4 Å². The van der Waals surface area contributed by atoms with Crippen molar-refractivity contribution in [1.29, 1.82) is 0 Å². The van der Waals surface area contributed by atoms with E-state index in [-0.39, 0.29) is 11.4 Å². The molecule has 0 amide bonds. The van der Waals surface area contributed by atoms with Crippen LogP contribution < -0.4 is 5.32 Å². The first-order valence-corrected chi connectivity index (χ1v) is 7.41. The van der Waals surface area contributed by atoms with Crippen LogP contribution in [-0.2, 0) is 6.18 Å². The van der Waals surface area contributed by atoms with Gasteiger partial charge in [-0.2, -0.15) is 13.2 Å². The van der Waals surface area contributed by atoms with Gasteiger partial charge >= 0.3 is 6.18 Å². The topological polar surface area (TPSA) is 37.8 Å². The monoisotopic (exact) mass is 423 g/mol. The maximum absolute atomic E-state index is 13.2. The zero-order valence-corrected chi connectivity index (χ0v) is 14.2. The predicted octanol–water partition coefficient (Wildman–Crippen LogP) is 5.04. The second-order valence-corrected chi connectivity index (χ2v) is 5.94. The number of aryl methyl sites for hydroxylation is 1. The van der Waals surface area contributed by atoms with Crippen LogP contribution in [0.15, 0.2) is 27.1 Å². The molecule has 0 spiro atoms. The van der Waals surface area contributed by atoms with Crippen LogP contribution in [0.5, 0.6) is 0 Å². The minimum absolute atomic E-state index is 0.0277. The molecule has 1 aromatic heterocycles. The Labute approximate surface area is 136 Å². The van der Waals surface area contributed by atoms with Crippen LogP contribution in [0, 0.1) is 6.92 Å². The van der Waals surface area contributed by atoms with E-state index < -0.39 is 11.7 Å². The van der Waals surface area contributed by atoms with Crippen molar-refractivity contribution in [3.63, 3.8) is 0 Å². The molecule has 0 fully saturated rings. The Morgan fingerprint density at radius 1 is 1.14 bits per heavy atom. The fraction of sp³-hybridized carbons (Fsp3) is 0.231. The number of alkyl halides is 3. The summed E-state index contributed by atoms with van der Waals surface area (Å²) in [6.07, 6.45) is -4.48. The summed E-state index contributed by atoms with van der Waals surface area (Å²) in [5.74, 6) is 0.466. The molecule has 0 aliphatic heterocycles. The molecule has 0 saturated carbocycles. The van der Waals surface area contributed by atoms with Gasteiger partial charge in [0.2, 0.25) is 0 Å². The Bertz CT molecular complexity index is 687. The van der Waals surface area contributed by atoms with E-state index in [0.29, 0.717) is 20.5 Å². The lowest BCUT2D eigenvalue weighted by Gasteiger charge is -2.14. The van der Waals surface area contributed by atoms with Gasteiger partial charge in [-0.3, -0.25) is 0 Å². The van der Waals surface area contributed by atoms with Crippen molar-refractivity contribution in [1.82, 2.24) is 9.97 Å². The summed E-state index contributed by atoms with van der Waals surface area (Å²) in [7, 11) is 1.64. The molecule has 0 aliphatic rings. The molecule has 0 saturated heterocycles. The molecular weight excluding hydrogens is 415 g/mol. The van der Waals surface area contributed by atoms with Crippen molar-refractivity contribution < 1.29 is 13.2 Å². The normalized spacial score (nSPS) is 11.6. The van der Waals surface area contributed by atoms with Gasteiger partial charge in [0.05, 0.1) is 15.7 Å². The third-order valence-electron chi connectivity index (χ3n) is 2.78. The predicted molar refractivity (Wildman–Crippen MR) is 82.2 cm³/mol. The highest BCUT2D eigenvalue weighted by Crippen LogP contribution is 2.38. The molecule has 112 valence electrons. The number of nitrogens with one attached hydrogen (secondary N) is 1. The molecule has 0 unspecified atom stereocenters. The molecule has 1 aromatic carbocycles. The van der Waals surface area contributed by atoms with Crippen molar-refractivity contribution in [2.45, 2.75) is 13.1 Å². The number of aromatic nitrogens is 2. The van der Waals surface area contributed by atoms with Gasteiger partial charge in [0, 0.05) is 17.1 Å². The molecular formula is C13H10Br2F3N3. The highest BCUT2D eigenvalue weighted by Gasteiger charge is 2.34. The number of rotatable bonds is 2. The van der Waals surface area contributed by atoms with Crippen molar-refractivity contribution in [3.8, 4) is 11.4 Å². The Morgan fingerprint density at radius 2 is 1.81 bits per heavy atom. The van der Waals surface area contributed by atoms with E-state index in [1.54, 1.807) is 14.0 Å². The molecule has 2 aromatic rings. The minimum Gasteiger partial charge on any atom is -0.372 e. The van der Waals surface area contributed by atoms with E-state index in [9.17, 15) is 13.2 Å². The fourth-order valence-corrected chi connectivity index (χ4v) is 2.53. The lowest BCUT2D eigenvalue weighted by atomic mass is 10.1. The van der Waals surface area contributed by atoms with Gasteiger partial charge in [-0.05, 0) is 41.1 Å². The van der Waals surface area contributed by atoms with Gasteiger partial charge < -0.3 is 5.32 Å². The molecule has 0 radical (unpaired) electrons. The van der Waals surface area contributed by atoms with Crippen molar-refractivity contribution >= 4 is 37.7 Å². The molecule has 3 nitrogen and oxygen atoms in total. The summed E-state index contributed by atoms with van der Waals surface area (Å²) in [6, 6.07) is 3.91. The van der Waals surface area contributed by atoms with E-state index in [1.807, 2.05) is 0 Å². The molecule has 1 heterocycles. The van der Waals surface area contributed by atoms with E-state index >= 15 is 0 Å². The molecule has 2 rings (SSSR count). The quantitative estimate of drug-likeness (QED) is 0.733. The smallest absolute Gasteiger partial charge is 0.372 e. The minimum atomic E-state index is -4.48. The van der Waals surface area contributed by atoms with Gasteiger partial charge in [-0.25, -0.2) is 9.97 Å². The first kappa shape index (κ1) is 16.2. The second-order valence-electron chi connectivity index (χ2n) is 4.23. The summed E-state index contributed by atoms with van der Waals surface area (Å²) < 4.78 is 40.5. The Hall–Kier alpha value is -1.15.